The van der Waals surface area contributed by atoms with Gasteiger partial charge in [-0.2, -0.15) is 5.26 Å². The molecule has 10 heteroatoms. The fourth-order valence-corrected chi connectivity index (χ4v) is 4.18. The molecule has 1 saturated heterocycles. The number of rotatable bonds is 5. The third-order valence-corrected chi connectivity index (χ3v) is 6.37. The Kier molecular flexibility index (Phi) is 5.84. The van der Waals surface area contributed by atoms with E-state index in [1.807, 2.05) is 12.1 Å². The Bertz CT molecular complexity index is 1340. The maximum absolute atomic E-state index is 12.6. The number of benzene rings is 2. The van der Waals surface area contributed by atoms with Crippen LogP contribution >= 0.6 is 11.6 Å². The minimum atomic E-state index is -3.81. The van der Waals surface area contributed by atoms with Crippen molar-refractivity contribution in [3.8, 4) is 17.7 Å². The number of carbonyl (C=O) groups excluding carboxylic acids is 1. The van der Waals surface area contributed by atoms with Crippen molar-refractivity contribution in [1.82, 2.24) is 4.98 Å². The molecule has 0 spiro atoms. The molecule has 32 heavy (non-hydrogen) atoms. The predicted octanol–water partition coefficient (Wildman–Crippen LogP) is 3.57. The van der Waals surface area contributed by atoms with Crippen LogP contribution in [0, 0.1) is 11.3 Å². The van der Waals surface area contributed by atoms with E-state index in [0.29, 0.717) is 23.0 Å². The van der Waals surface area contributed by atoms with Crippen LogP contribution in [0.25, 0.3) is 0 Å². The van der Waals surface area contributed by atoms with Gasteiger partial charge >= 0.3 is 0 Å². The number of nitriles is 1. The molecule has 2 heterocycles. The molecule has 4 rings (SSSR count). The van der Waals surface area contributed by atoms with Crippen molar-refractivity contribution in [3.63, 3.8) is 0 Å². The lowest BCUT2D eigenvalue weighted by atomic mass is 9.98. The first-order valence-corrected chi connectivity index (χ1v) is 11.4. The zero-order chi connectivity index (χ0) is 22.9. The number of anilines is 1. The van der Waals surface area contributed by atoms with E-state index in [2.05, 4.69) is 4.98 Å². The van der Waals surface area contributed by atoms with Gasteiger partial charge in [0.15, 0.2) is 0 Å². The zero-order valence-corrected chi connectivity index (χ0v) is 18.2. The molecule has 162 valence electrons. The van der Waals surface area contributed by atoms with E-state index in [-0.39, 0.29) is 34.6 Å². The van der Waals surface area contributed by atoms with Crippen molar-refractivity contribution in [2.45, 2.75) is 17.2 Å². The average molecular weight is 469 g/mol. The van der Waals surface area contributed by atoms with Crippen LogP contribution in [0.5, 0.6) is 11.6 Å². The molecule has 3 aromatic rings. The third kappa shape index (κ3) is 4.43. The van der Waals surface area contributed by atoms with Gasteiger partial charge in [0, 0.05) is 30.8 Å². The minimum Gasteiger partial charge on any atom is -0.436 e. The highest BCUT2D eigenvalue weighted by molar-refractivity contribution is 7.89. The van der Waals surface area contributed by atoms with E-state index in [9.17, 15) is 18.5 Å². The quantitative estimate of drug-likeness (QED) is 0.609. The number of ether oxygens (including phenoxy) is 1. The number of halogens is 1. The fourth-order valence-electron chi connectivity index (χ4n) is 3.51. The van der Waals surface area contributed by atoms with E-state index in [4.69, 9.17) is 21.5 Å². The van der Waals surface area contributed by atoms with Crippen LogP contribution < -0.4 is 14.8 Å². The molecule has 2 aromatic carbocycles. The molecular weight excluding hydrogens is 452 g/mol. The third-order valence-electron chi connectivity index (χ3n) is 5.13. The van der Waals surface area contributed by atoms with Gasteiger partial charge in [-0.3, -0.25) is 4.79 Å². The molecule has 1 fully saturated rings. The lowest BCUT2D eigenvalue weighted by Crippen LogP contribution is -2.24. The highest BCUT2D eigenvalue weighted by Crippen LogP contribution is 2.37. The van der Waals surface area contributed by atoms with Gasteiger partial charge in [-0.05, 0) is 54.1 Å². The lowest BCUT2D eigenvalue weighted by Gasteiger charge is -2.18. The second-order valence-electron chi connectivity index (χ2n) is 7.20. The molecule has 0 bridgehead atoms. The van der Waals surface area contributed by atoms with Gasteiger partial charge in [0.25, 0.3) is 0 Å². The highest BCUT2D eigenvalue weighted by atomic mass is 35.5. The van der Waals surface area contributed by atoms with Gasteiger partial charge in [-0.15, -0.1) is 0 Å². The van der Waals surface area contributed by atoms with Crippen molar-refractivity contribution in [2.75, 3.05) is 11.4 Å². The molecule has 1 aliphatic heterocycles. The monoisotopic (exact) mass is 468 g/mol. The Morgan fingerprint density at radius 2 is 1.94 bits per heavy atom. The molecule has 0 unspecified atom stereocenters. The van der Waals surface area contributed by atoms with Gasteiger partial charge < -0.3 is 9.64 Å². The molecule has 1 aliphatic rings. The van der Waals surface area contributed by atoms with Crippen molar-refractivity contribution in [2.24, 2.45) is 5.14 Å². The smallest absolute Gasteiger partial charge is 0.238 e. The standard InChI is InChI=1S/C22H17ClN4O4S/c23-19-8-3-14(10-20(19)31-22-15(12-24)2-1-9-26-22)16-11-21(28)27(13-16)17-4-6-18(7-5-17)32(25,29)30/h1-10,16H,11,13H2,(H2,25,29,30)/t16-/m0/s1. The first-order chi connectivity index (χ1) is 15.3. The Labute approximate surface area is 189 Å². The first-order valence-electron chi connectivity index (χ1n) is 9.52. The highest BCUT2D eigenvalue weighted by Gasteiger charge is 2.32. The number of sulfonamides is 1. The molecule has 0 aliphatic carbocycles. The van der Waals surface area contributed by atoms with Crippen LogP contribution in [-0.4, -0.2) is 25.9 Å². The summed E-state index contributed by atoms with van der Waals surface area (Å²) >= 11 is 6.28. The van der Waals surface area contributed by atoms with Crippen LogP contribution in [0.1, 0.15) is 23.5 Å². The van der Waals surface area contributed by atoms with Gasteiger partial charge in [-0.25, -0.2) is 18.5 Å². The van der Waals surface area contributed by atoms with Crippen molar-refractivity contribution < 1.29 is 17.9 Å². The molecule has 1 atom stereocenters. The topological polar surface area (TPSA) is 126 Å². The summed E-state index contributed by atoms with van der Waals surface area (Å²) < 4.78 is 28.7. The summed E-state index contributed by atoms with van der Waals surface area (Å²) in [5.74, 6) is 0.266. The zero-order valence-electron chi connectivity index (χ0n) is 16.6. The van der Waals surface area contributed by atoms with Gasteiger partial charge in [0.2, 0.25) is 21.8 Å². The summed E-state index contributed by atoms with van der Waals surface area (Å²) in [6.45, 7) is 0.404. The number of pyridine rings is 1. The summed E-state index contributed by atoms with van der Waals surface area (Å²) in [6.07, 6.45) is 1.79. The predicted molar refractivity (Wildman–Crippen MR) is 118 cm³/mol. The number of hydrogen-bond acceptors (Lipinski definition) is 6. The summed E-state index contributed by atoms with van der Waals surface area (Å²) in [5.41, 5.74) is 1.71. The fraction of sp³-hybridized carbons (Fsp3) is 0.136. The molecule has 1 aromatic heterocycles. The molecule has 8 nitrogen and oxygen atoms in total. The van der Waals surface area contributed by atoms with Gasteiger partial charge in [-0.1, -0.05) is 17.7 Å². The van der Waals surface area contributed by atoms with E-state index < -0.39 is 10.0 Å². The van der Waals surface area contributed by atoms with E-state index in [1.165, 1.54) is 18.3 Å². The summed E-state index contributed by atoms with van der Waals surface area (Å²) in [7, 11) is -3.81. The minimum absolute atomic E-state index is 0.0183. The maximum atomic E-state index is 12.6. The number of amides is 1. The summed E-state index contributed by atoms with van der Waals surface area (Å²) in [4.78, 5) is 18.3. The second-order valence-corrected chi connectivity index (χ2v) is 9.17. The average Bonchev–Trinajstić information content (AvgIpc) is 3.16. The summed E-state index contributed by atoms with van der Waals surface area (Å²) in [5, 5.41) is 14.7. The molecule has 2 N–H and O–H groups in total. The Balaban J connectivity index is 1.57. The van der Waals surface area contributed by atoms with Gasteiger partial charge in [0.05, 0.1) is 9.92 Å². The maximum Gasteiger partial charge on any atom is 0.238 e. The molecule has 0 saturated carbocycles. The largest absolute Gasteiger partial charge is 0.436 e. The van der Waals surface area contributed by atoms with Crippen LogP contribution in [0.2, 0.25) is 5.02 Å². The first kappa shape index (κ1) is 21.8. The van der Waals surface area contributed by atoms with E-state index in [0.717, 1.165) is 5.56 Å². The number of aromatic nitrogens is 1. The van der Waals surface area contributed by atoms with Gasteiger partial charge in [0.1, 0.15) is 17.4 Å². The molecular formula is C22H17ClN4O4S. The van der Waals surface area contributed by atoms with Crippen LogP contribution in [0.4, 0.5) is 5.69 Å². The Morgan fingerprint density at radius 1 is 1.19 bits per heavy atom. The van der Waals surface area contributed by atoms with Crippen LogP contribution in [0.15, 0.2) is 65.7 Å². The number of carbonyl (C=O) groups is 1. The van der Waals surface area contributed by atoms with Crippen LogP contribution in [-0.2, 0) is 14.8 Å². The van der Waals surface area contributed by atoms with E-state index >= 15 is 0 Å². The second kappa shape index (κ2) is 8.59. The van der Waals surface area contributed by atoms with E-state index in [1.54, 1.807) is 41.3 Å². The number of primary sulfonamides is 1. The lowest BCUT2D eigenvalue weighted by molar-refractivity contribution is -0.117. The van der Waals surface area contributed by atoms with Crippen molar-refractivity contribution in [3.05, 3.63) is 76.9 Å². The number of nitrogens with two attached hydrogens (primary N) is 1. The Morgan fingerprint density at radius 3 is 2.62 bits per heavy atom. The van der Waals surface area contributed by atoms with Crippen LogP contribution in [0.3, 0.4) is 0 Å². The number of hydrogen-bond donors (Lipinski definition) is 1. The number of nitrogens with zero attached hydrogens (tertiary/aromatic N) is 3. The van der Waals surface area contributed by atoms with Crippen molar-refractivity contribution in [1.29, 1.82) is 5.26 Å². The molecule has 1 amide bonds. The Hall–Kier alpha value is -3.45. The molecule has 0 radical (unpaired) electrons. The summed E-state index contributed by atoms with van der Waals surface area (Å²) in [6, 6.07) is 16.3. The van der Waals surface area contributed by atoms with Crippen molar-refractivity contribution >= 4 is 33.2 Å². The normalized spacial score (nSPS) is 16.1. The SMILES string of the molecule is N#Cc1cccnc1Oc1cc([C@H]2CC(=O)N(c3ccc(S(N)(=O)=O)cc3)C2)ccc1Cl.